The summed E-state index contributed by atoms with van der Waals surface area (Å²) in [6.45, 7) is 4.59. The Morgan fingerprint density at radius 3 is 2.94 bits per heavy atom. The van der Waals surface area contributed by atoms with Gasteiger partial charge in [0, 0.05) is 29.7 Å². The Kier molecular flexibility index (Phi) is 6.22. The normalized spacial score (nSPS) is 11.1. The number of amides is 1. The van der Waals surface area contributed by atoms with Crippen LogP contribution >= 0.6 is 11.8 Å². The van der Waals surface area contributed by atoms with E-state index in [0.717, 1.165) is 45.5 Å². The summed E-state index contributed by atoms with van der Waals surface area (Å²) in [5, 5.41) is 16.7. The number of benzene rings is 2. The number of methoxy groups -OCH3 is 1. The van der Waals surface area contributed by atoms with Gasteiger partial charge in [0.1, 0.15) is 5.75 Å². The van der Waals surface area contributed by atoms with Gasteiger partial charge in [-0.2, -0.15) is 4.68 Å². The highest BCUT2D eigenvalue weighted by Crippen LogP contribution is 2.24. The highest BCUT2D eigenvalue weighted by atomic mass is 32.2. The highest BCUT2D eigenvalue weighted by molar-refractivity contribution is 7.99. The molecule has 0 bridgehead atoms. The number of tetrazole rings is 1. The fraction of sp³-hybridized carbons (Fsp3) is 0.273. The van der Waals surface area contributed by atoms with Crippen LogP contribution in [-0.4, -0.2) is 50.5 Å². The van der Waals surface area contributed by atoms with Gasteiger partial charge in [-0.1, -0.05) is 23.9 Å². The molecule has 4 rings (SSSR count). The zero-order valence-corrected chi connectivity index (χ0v) is 18.5. The van der Waals surface area contributed by atoms with Crippen molar-refractivity contribution in [1.82, 2.24) is 30.5 Å². The fourth-order valence-corrected chi connectivity index (χ4v) is 4.10. The predicted octanol–water partition coefficient (Wildman–Crippen LogP) is 3.22. The number of nitrogens with one attached hydrogen (secondary N) is 2. The number of carbonyl (C=O) groups excluding carboxylic acids is 1. The zero-order valence-electron chi connectivity index (χ0n) is 17.7. The third-order valence-electron chi connectivity index (χ3n) is 5.06. The van der Waals surface area contributed by atoms with Gasteiger partial charge in [-0.25, -0.2) is 0 Å². The van der Waals surface area contributed by atoms with Gasteiger partial charge in [-0.15, -0.1) is 5.10 Å². The lowest BCUT2D eigenvalue weighted by molar-refractivity contribution is -0.118. The van der Waals surface area contributed by atoms with E-state index in [1.165, 1.54) is 11.8 Å². The summed E-state index contributed by atoms with van der Waals surface area (Å²) >= 11 is 1.32. The molecule has 160 valence electrons. The van der Waals surface area contributed by atoms with Crippen molar-refractivity contribution in [2.75, 3.05) is 19.4 Å². The molecule has 0 atom stereocenters. The maximum atomic E-state index is 12.3. The van der Waals surface area contributed by atoms with Crippen molar-refractivity contribution in [3.05, 3.63) is 59.3 Å². The molecule has 0 aliphatic heterocycles. The Morgan fingerprint density at radius 1 is 1.23 bits per heavy atom. The molecule has 0 saturated heterocycles. The number of carbonyl (C=O) groups is 1. The van der Waals surface area contributed by atoms with E-state index < -0.39 is 0 Å². The predicted molar refractivity (Wildman–Crippen MR) is 121 cm³/mol. The van der Waals surface area contributed by atoms with Crippen molar-refractivity contribution in [2.24, 2.45) is 0 Å². The molecule has 1 amide bonds. The van der Waals surface area contributed by atoms with Crippen LogP contribution in [0, 0.1) is 13.8 Å². The van der Waals surface area contributed by atoms with Crippen molar-refractivity contribution in [1.29, 1.82) is 0 Å². The molecular weight excluding hydrogens is 412 g/mol. The molecule has 9 heteroatoms. The Balaban J connectivity index is 1.32. The molecule has 2 N–H and O–H groups in total. The number of thioether (sulfide) groups is 1. The van der Waals surface area contributed by atoms with E-state index in [2.05, 4.69) is 25.8 Å². The van der Waals surface area contributed by atoms with Crippen molar-refractivity contribution >= 4 is 28.6 Å². The summed E-state index contributed by atoms with van der Waals surface area (Å²) in [6.07, 6.45) is 2.71. The lowest BCUT2D eigenvalue weighted by Gasteiger charge is -2.09. The number of aromatic amines is 1. The molecule has 0 saturated carbocycles. The number of hydrogen-bond donors (Lipinski definition) is 2. The smallest absolute Gasteiger partial charge is 0.230 e. The van der Waals surface area contributed by atoms with Gasteiger partial charge >= 0.3 is 0 Å². The van der Waals surface area contributed by atoms with Crippen LogP contribution in [0.25, 0.3) is 16.6 Å². The third-order valence-corrected chi connectivity index (χ3v) is 5.98. The van der Waals surface area contributed by atoms with E-state index in [-0.39, 0.29) is 11.7 Å². The van der Waals surface area contributed by atoms with Crippen molar-refractivity contribution in [3.63, 3.8) is 0 Å². The van der Waals surface area contributed by atoms with Gasteiger partial charge in [-0.3, -0.25) is 4.79 Å². The number of rotatable bonds is 8. The number of fused-ring (bicyclic) bond motifs is 1. The molecule has 0 aliphatic rings. The van der Waals surface area contributed by atoms with Crippen LogP contribution < -0.4 is 10.1 Å². The number of hydrogen-bond acceptors (Lipinski definition) is 6. The molecule has 2 heterocycles. The Labute approximate surface area is 184 Å². The first-order valence-corrected chi connectivity index (χ1v) is 10.9. The quantitative estimate of drug-likeness (QED) is 0.412. The van der Waals surface area contributed by atoms with Crippen molar-refractivity contribution in [2.45, 2.75) is 25.4 Å². The second-order valence-electron chi connectivity index (χ2n) is 7.28. The Morgan fingerprint density at radius 2 is 2.10 bits per heavy atom. The molecule has 0 spiro atoms. The second kappa shape index (κ2) is 9.22. The van der Waals surface area contributed by atoms with Gasteiger partial charge < -0.3 is 15.0 Å². The maximum Gasteiger partial charge on any atom is 0.230 e. The first kappa shape index (κ1) is 20.9. The molecule has 0 radical (unpaired) electrons. The van der Waals surface area contributed by atoms with Crippen LogP contribution in [0.2, 0.25) is 0 Å². The van der Waals surface area contributed by atoms with Crippen molar-refractivity contribution in [3.8, 4) is 11.4 Å². The second-order valence-corrected chi connectivity index (χ2v) is 8.22. The molecule has 8 nitrogen and oxygen atoms in total. The average molecular weight is 437 g/mol. The molecule has 2 aromatic heterocycles. The van der Waals surface area contributed by atoms with Gasteiger partial charge in [0.25, 0.3) is 0 Å². The van der Waals surface area contributed by atoms with E-state index >= 15 is 0 Å². The number of aryl methyl sites for hydroxylation is 2. The summed E-state index contributed by atoms with van der Waals surface area (Å²) < 4.78 is 6.94. The van der Waals surface area contributed by atoms with E-state index in [0.29, 0.717) is 11.7 Å². The van der Waals surface area contributed by atoms with Gasteiger partial charge in [-0.05, 0) is 65.6 Å². The molecule has 0 fully saturated rings. The minimum absolute atomic E-state index is 0.0537. The monoisotopic (exact) mass is 436 g/mol. The minimum Gasteiger partial charge on any atom is -0.497 e. The van der Waals surface area contributed by atoms with E-state index in [1.807, 2.05) is 56.4 Å². The topological polar surface area (TPSA) is 97.7 Å². The van der Waals surface area contributed by atoms with Crippen LogP contribution in [0.1, 0.15) is 16.7 Å². The van der Waals surface area contributed by atoms with Crippen LogP contribution in [0.5, 0.6) is 5.75 Å². The van der Waals surface area contributed by atoms with Gasteiger partial charge in [0.2, 0.25) is 11.1 Å². The van der Waals surface area contributed by atoms with Crippen LogP contribution in [-0.2, 0) is 11.2 Å². The standard InChI is InChI=1S/C22H24N6O2S/c1-14-4-5-15(2)20(10-14)28-22(25-26-27-28)31-13-21(29)23-9-8-16-12-24-19-11-17(30-3)6-7-18(16)19/h4-7,10-12,24H,8-9,13H2,1-3H3,(H,23,29). The summed E-state index contributed by atoms with van der Waals surface area (Å²) in [4.78, 5) is 15.6. The molecule has 31 heavy (non-hydrogen) atoms. The molecule has 0 unspecified atom stereocenters. The lowest BCUT2D eigenvalue weighted by atomic mass is 10.1. The zero-order chi connectivity index (χ0) is 21.8. The van der Waals surface area contributed by atoms with Gasteiger partial charge in [0.15, 0.2) is 0 Å². The number of aromatic nitrogens is 5. The molecular formula is C22H24N6O2S. The fourth-order valence-electron chi connectivity index (χ4n) is 3.38. The molecule has 0 aliphatic carbocycles. The first-order valence-electron chi connectivity index (χ1n) is 9.94. The lowest BCUT2D eigenvalue weighted by Crippen LogP contribution is -2.27. The minimum atomic E-state index is -0.0537. The highest BCUT2D eigenvalue weighted by Gasteiger charge is 2.13. The Hall–Kier alpha value is -3.33. The summed E-state index contributed by atoms with van der Waals surface area (Å²) in [7, 11) is 1.65. The molecule has 4 aromatic rings. The van der Waals surface area contributed by atoms with Gasteiger partial charge in [0.05, 0.1) is 18.6 Å². The van der Waals surface area contributed by atoms with Crippen LogP contribution in [0.4, 0.5) is 0 Å². The summed E-state index contributed by atoms with van der Waals surface area (Å²) in [5.41, 5.74) is 5.30. The van der Waals surface area contributed by atoms with Crippen molar-refractivity contribution < 1.29 is 9.53 Å². The SMILES string of the molecule is COc1ccc2c(CCNC(=O)CSc3nnnn3-c3cc(C)ccc3C)c[nH]c2c1. The Bertz CT molecular complexity index is 1220. The third kappa shape index (κ3) is 4.72. The van der Waals surface area contributed by atoms with E-state index in [4.69, 9.17) is 4.74 Å². The number of nitrogens with zero attached hydrogens (tertiary/aromatic N) is 4. The average Bonchev–Trinajstić information content (AvgIpc) is 3.40. The maximum absolute atomic E-state index is 12.3. The largest absolute Gasteiger partial charge is 0.497 e. The molecule has 2 aromatic carbocycles. The summed E-state index contributed by atoms with van der Waals surface area (Å²) in [5.74, 6) is 1.01. The van der Waals surface area contributed by atoms with E-state index in [9.17, 15) is 4.79 Å². The van der Waals surface area contributed by atoms with Crippen LogP contribution in [0.15, 0.2) is 47.8 Å². The summed E-state index contributed by atoms with van der Waals surface area (Å²) in [6, 6.07) is 12.1. The number of ether oxygens (including phenoxy) is 1. The van der Waals surface area contributed by atoms with Crippen LogP contribution in [0.3, 0.4) is 0 Å². The first-order chi connectivity index (χ1) is 15.0. The van der Waals surface area contributed by atoms with E-state index in [1.54, 1.807) is 11.8 Å². The number of H-pyrrole nitrogens is 1.